The van der Waals surface area contributed by atoms with Crippen molar-refractivity contribution < 1.29 is 4.79 Å². The van der Waals surface area contributed by atoms with Gasteiger partial charge in [0.15, 0.2) is 5.78 Å². The van der Waals surface area contributed by atoms with Gasteiger partial charge in [-0.05, 0) is 54.3 Å². The Morgan fingerprint density at radius 3 is 2.25 bits per heavy atom. The maximum atomic E-state index is 12.0. The van der Waals surface area contributed by atoms with Crippen LogP contribution in [0.5, 0.6) is 0 Å². The third-order valence-electron chi connectivity index (χ3n) is 3.39. The summed E-state index contributed by atoms with van der Waals surface area (Å²) in [6.45, 7) is 4.08. The molecule has 2 rings (SSSR count). The van der Waals surface area contributed by atoms with Crippen molar-refractivity contribution in [3.05, 3.63) is 70.8 Å². The topological polar surface area (TPSA) is 43.1 Å². The van der Waals surface area contributed by atoms with Gasteiger partial charge in [-0.2, -0.15) is 0 Å². The lowest BCUT2D eigenvalue weighted by atomic mass is 9.98. The normalized spacial score (nSPS) is 10.9. The number of hydrogen-bond acceptors (Lipinski definition) is 2. The highest BCUT2D eigenvalue weighted by Crippen LogP contribution is 2.15. The molecule has 0 aromatic heterocycles. The number of nitrogen functional groups attached to an aromatic ring is 1. The lowest BCUT2D eigenvalue weighted by molar-refractivity contribution is -0.113. The second-order valence-electron chi connectivity index (χ2n) is 5.01. The van der Waals surface area contributed by atoms with E-state index in [-0.39, 0.29) is 5.78 Å². The summed E-state index contributed by atoms with van der Waals surface area (Å²) in [5, 5.41) is 0. The molecule has 0 aliphatic carbocycles. The molecule has 20 heavy (non-hydrogen) atoms. The van der Waals surface area contributed by atoms with Crippen LogP contribution in [0.3, 0.4) is 0 Å². The predicted octanol–water partition coefficient (Wildman–Crippen LogP) is 3.71. The Morgan fingerprint density at radius 2 is 1.65 bits per heavy atom. The molecule has 0 aliphatic rings. The first-order chi connectivity index (χ1) is 9.56. The van der Waals surface area contributed by atoms with E-state index in [2.05, 4.69) is 0 Å². The van der Waals surface area contributed by atoms with Crippen molar-refractivity contribution in [3.8, 4) is 0 Å². The molecular weight excluding hydrogens is 246 g/mol. The first kappa shape index (κ1) is 14.1. The molecule has 0 aliphatic heterocycles. The molecule has 0 spiro atoms. The fourth-order valence-electron chi connectivity index (χ4n) is 2.16. The number of benzene rings is 2. The molecule has 2 nitrogen and oxygen atoms in total. The van der Waals surface area contributed by atoms with Gasteiger partial charge >= 0.3 is 0 Å². The molecule has 0 fully saturated rings. The van der Waals surface area contributed by atoms with Crippen LogP contribution in [0.2, 0.25) is 0 Å². The van der Waals surface area contributed by atoms with Gasteiger partial charge in [0.2, 0.25) is 0 Å². The third kappa shape index (κ3) is 3.58. The first-order valence-corrected chi connectivity index (χ1v) is 6.68. The lowest BCUT2D eigenvalue weighted by Crippen LogP contribution is -2.02. The van der Waals surface area contributed by atoms with Crippen molar-refractivity contribution in [1.82, 2.24) is 0 Å². The SMILES string of the molecule is Cc1cccc(C)c1CC(=O)/C=C/c1ccc(N)cc1. The van der Waals surface area contributed by atoms with E-state index in [1.807, 2.05) is 62.4 Å². The van der Waals surface area contributed by atoms with Gasteiger partial charge in [0.05, 0.1) is 0 Å². The summed E-state index contributed by atoms with van der Waals surface area (Å²) in [7, 11) is 0. The van der Waals surface area contributed by atoms with Crippen LogP contribution in [-0.4, -0.2) is 5.78 Å². The summed E-state index contributed by atoms with van der Waals surface area (Å²) < 4.78 is 0. The molecule has 0 unspecified atom stereocenters. The van der Waals surface area contributed by atoms with E-state index in [4.69, 9.17) is 5.73 Å². The van der Waals surface area contributed by atoms with Crippen molar-refractivity contribution in [3.63, 3.8) is 0 Å². The Balaban J connectivity index is 2.07. The van der Waals surface area contributed by atoms with Gasteiger partial charge in [0, 0.05) is 12.1 Å². The average Bonchev–Trinajstić information content (AvgIpc) is 2.42. The molecule has 102 valence electrons. The minimum Gasteiger partial charge on any atom is -0.399 e. The van der Waals surface area contributed by atoms with E-state index in [9.17, 15) is 4.79 Å². The van der Waals surface area contributed by atoms with Gasteiger partial charge in [0.1, 0.15) is 0 Å². The summed E-state index contributed by atoms with van der Waals surface area (Å²) in [6, 6.07) is 13.6. The summed E-state index contributed by atoms with van der Waals surface area (Å²) in [5.74, 6) is 0.110. The Kier molecular flexibility index (Phi) is 4.36. The molecule has 0 radical (unpaired) electrons. The first-order valence-electron chi connectivity index (χ1n) is 6.68. The van der Waals surface area contributed by atoms with E-state index in [0.717, 1.165) is 16.8 Å². The predicted molar refractivity (Wildman–Crippen MR) is 84.5 cm³/mol. The number of nitrogens with two attached hydrogens (primary N) is 1. The van der Waals surface area contributed by atoms with Crippen molar-refractivity contribution in [2.75, 3.05) is 5.73 Å². The highest BCUT2D eigenvalue weighted by atomic mass is 16.1. The maximum absolute atomic E-state index is 12.0. The van der Waals surface area contributed by atoms with Crippen molar-refractivity contribution >= 4 is 17.5 Å². The third-order valence-corrected chi connectivity index (χ3v) is 3.39. The maximum Gasteiger partial charge on any atom is 0.160 e. The Bertz CT molecular complexity index is 619. The summed E-state index contributed by atoms with van der Waals surface area (Å²) in [6.07, 6.45) is 3.91. The van der Waals surface area contributed by atoms with Crippen molar-refractivity contribution in [2.24, 2.45) is 0 Å². The minimum atomic E-state index is 0.110. The van der Waals surface area contributed by atoms with Crippen LogP contribution < -0.4 is 5.73 Å². The molecule has 2 aromatic rings. The highest BCUT2D eigenvalue weighted by molar-refractivity contribution is 5.95. The Morgan fingerprint density at radius 1 is 1.05 bits per heavy atom. The zero-order chi connectivity index (χ0) is 14.5. The Hall–Kier alpha value is -2.35. The zero-order valence-corrected chi connectivity index (χ0v) is 11.9. The smallest absolute Gasteiger partial charge is 0.160 e. The van der Waals surface area contributed by atoms with Gasteiger partial charge < -0.3 is 5.73 Å². The zero-order valence-electron chi connectivity index (χ0n) is 11.9. The summed E-state index contributed by atoms with van der Waals surface area (Å²) in [4.78, 5) is 12.0. The number of carbonyl (C=O) groups is 1. The Labute approximate surface area is 119 Å². The molecular formula is C18H19NO. The minimum absolute atomic E-state index is 0.110. The van der Waals surface area contributed by atoms with Gasteiger partial charge in [0.25, 0.3) is 0 Å². The van der Waals surface area contributed by atoms with E-state index in [1.54, 1.807) is 6.08 Å². The molecule has 0 amide bonds. The second kappa shape index (κ2) is 6.20. The number of aryl methyl sites for hydroxylation is 2. The highest BCUT2D eigenvalue weighted by Gasteiger charge is 2.05. The van der Waals surface area contributed by atoms with Crippen LogP contribution in [0.4, 0.5) is 5.69 Å². The number of rotatable bonds is 4. The number of carbonyl (C=O) groups excluding carboxylic acids is 1. The van der Waals surface area contributed by atoms with Gasteiger partial charge in [-0.1, -0.05) is 36.4 Å². The van der Waals surface area contributed by atoms with Crippen LogP contribution in [0.25, 0.3) is 6.08 Å². The lowest BCUT2D eigenvalue weighted by Gasteiger charge is -2.07. The van der Waals surface area contributed by atoms with Gasteiger partial charge in [-0.15, -0.1) is 0 Å². The number of anilines is 1. The molecule has 0 saturated carbocycles. The fourth-order valence-corrected chi connectivity index (χ4v) is 2.16. The van der Waals surface area contributed by atoms with Crippen LogP contribution in [-0.2, 0) is 11.2 Å². The van der Waals surface area contributed by atoms with Gasteiger partial charge in [-0.25, -0.2) is 0 Å². The standard InChI is InChI=1S/C18H19NO/c1-13-4-3-5-14(2)18(13)12-17(20)11-8-15-6-9-16(19)10-7-15/h3-11H,12,19H2,1-2H3/b11-8+. The van der Waals surface area contributed by atoms with E-state index in [0.29, 0.717) is 6.42 Å². The van der Waals surface area contributed by atoms with Crippen LogP contribution in [0, 0.1) is 13.8 Å². The monoisotopic (exact) mass is 265 g/mol. The van der Waals surface area contributed by atoms with Crippen LogP contribution in [0.15, 0.2) is 48.5 Å². The van der Waals surface area contributed by atoms with Crippen LogP contribution in [0.1, 0.15) is 22.3 Å². The molecule has 2 N–H and O–H groups in total. The van der Waals surface area contributed by atoms with E-state index >= 15 is 0 Å². The molecule has 2 heteroatoms. The molecule has 0 atom stereocenters. The average molecular weight is 265 g/mol. The fraction of sp³-hybridized carbons (Fsp3) is 0.167. The summed E-state index contributed by atoms with van der Waals surface area (Å²) in [5.41, 5.74) is 10.8. The van der Waals surface area contributed by atoms with E-state index in [1.165, 1.54) is 11.1 Å². The van der Waals surface area contributed by atoms with E-state index < -0.39 is 0 Å². The summed E-state index contributed by atoms with van der Waals surface area (Å²) >= 11 is 0. The molecule has 2 aromatic carbocycles. The van der Waals surface area contributed by atoms with Crippen molar-refractivity contribution in [1.29, 1.82) is 0 Å². The van der Waals surface area contributed by atoms with Crippen molar-refractivity contribution in [2.45, 2.75) is 20.3 Å². The van der Waals surface area contributed by atoms with Crippen LogP contribution >= 0.6 is 0 Å². The molecule has 0 saturated heterocycles. The quantitative estimate of drug-likeness (QED) is 0.676. The van der Waals surface area contributed by atoms with Gasteiger partial charge in [-0.3, -0.25) is 4.79 Å². The molecule has 0 bridgehead atoms. The number of allylic oxidation sites excluding steroid dienone is 1. The largest absolute Gasteiger partial charge is 0.399 e. The molecule has 0 heterocycles. The number of ketones is 1. The second-order valence-corrected chi connectivity index (χ2v) is 5.01. The number of hydrogen-bond donors (Lipinski definition) is 1.